The van der Waals surface area contributed by atoms with Crippen LogP contribution in [-0.4, -0.2) is 52.4 Å². The van der Waals surface area contributed by atoms with Crippen LogP contribution in [0.25, 0.3) is 0 Å². The molecule has 0 radical (unpaired) electrons. The van der Waals surface area contributed by atoms with Crippen molar-refractivity contribution in [2.24, 2.45) is 7.05 Å². The molecule has 6 heteroatoms. The molecule has 0 unspecified atom stereocenters. The summed E-state index contributed by atoms with van der Waals surface area (Å²) in [5.74, 6) is -0.371. The standard InChI is InChI=1S/C21H26FN3O2/c1-15-13-18(16(2)23(15)3)14-20(26)24-9-4-10-25(12-11-24)21(27)17-5-7-19(22)8-6-17/h5-8,13H,4,9-12,14H2,1-3H3. The highest BCUT2D eigenvalue weighted by molar-refractivity contribution is 5.94. The summed E-state index contributed by atoms with van der Waals surface area (Å²) in [6, 6.07) is 7.67. The summed E-state index contributed by atoms with van der Waals surface area (Å²) >= 11 is 0. The molecule has 1 aliphatic heterocycles. The summed E-state index contributed by atoms with van der Waals surface area (Å²) < 4.78 is 15.2. The zero-order valence-corrected chi connectivity index (χ0v) is 16.2. The van der Waals surface area contributed by atoms with Gasteiger partial charge in [0.05, 0.1) is 6.42 Å². The molecule has 0 bridgehead atoms. The third-order valence-electron chi connectivity index (χ3n) is 5.45. The predicted octanol–water partition coefficient (Wildman–Crippen LogP) is 2.70. The second-order valence-corrected chi connectivity index (χ2v) is 7.17. The monoisotopic (exact) mass is 371 g/mol. The topological polar surface area (TPSA) is 45.6 Å². The van der Waals surface area contributed by atoms with Gasteiger partial charge in [0.1, 0.15) is 5.82 Å². The van der Waals surface area contributed by atoms with E-state index in [4.69, 9.17) is 0 Å². The quantitative estimate of drug-likeness (QED) is 0.833. The second kappa shape index (κ2) is 7.94. The van der Waals surface area contributed by atoms with Crippen molar-refractivity contribution in [3.8, 4) is 0 Å². The number of carbonyl (C=O) groups is 2. The van der Waals surface area contributed by atoms with Crippen LogP contribution in [0.4, 0.5) is 4.39 Å². The molecule has 144 valence electrons. The molecule has 1 aliphatic rings. The maximum absolute atomic E-state index is 13.1. The molecular weight excluding hydrogens is 345 g/mol. The summed E-state index contributed by atoms with van der Waals surface area (Å²) in [5, 5.41) is 0. The molecule has 1 aromatic heterocycles. The summed E-state index contributed by atoms with van der Waals surface area (Å²) in [7, 11) is 2.00. The zero-order chi connectivity index (χ0) is 19.6. The number of aromatic nitrogens is 1. The van der Waals surface area contributed by atoms with Crippen LogP contribution in [-0.2, 0) is 18.3 Å². The molecule has 2 aromatic rings. The lowest BCUT2D eigenvalue weighted by Gasteiger charge is -2.22. The van der Waals surface area contributed by atoms with Crippen LogP contribution in [0.5, 0.6) is 0 Å². The fraction of sp³-hybridized carbons (Fsp3) is 0.429. The van der Waals surface area contributed by atoms with Gasteiger partial charge in [0.15, 0.2) is 0 Å². The molecule has 0 saturated carbocycles. The average Bonchev–Trinajstić information content (AvgIpc) is 2.86. The van der Waals surface area contributed by atoms with Gasteiger partial charge in [0.2, 0.25) is 5.91 Å². The van der Waals surface area contributed by atoms with Crippen LogP contribution in [0.2, 0.25) is 0 Å². The van der Waals surface area contributed by atoms with Gasteiger partial charge in [0.25, 0.3) is 5.91 Å². The Hall–Kier alpha value is -2.63. The lowest BCUT2D eigenvalue weighted by Crippen LogP contribution is -2.38. The van der Waals surface area contributed by atoms with Crippen LogP contribution < -0.4 is 0 Å². The van der Waals surface area contributed by atoms with Crippen molar-refractivity contribution in [2.45, 2.75) is 26.7 Å². The van der Waals surface area contributed by atoms with E-state index in [1.807, 2.05) is 25.8 Å². The zero-order valence-electron chi connectivity index (χ0n) is 16.2. The van der Waals surface area contributed by atoms with E-state index in [1.54, 1.807) is 4.90 Å². The highest BCUT2D eigenvalue weighted by Gasteiger charge is 2.23. The maximum atomic E-state index is 13.1. The predicted molar refractivity (Wildman–Crippen MR) is 102 cm³/mol. The lowest BCUT2D eigenvalue weighted by atomic mass is 10.1. The third kappa shape index (κ3) is 4.21. The number of aryl methyl sites for hydroxylation is 1. The molecular formula is C21H26FN3O2. The minimum atomic E-state index is -0.356. The highest BCUT2D eigenvalue weighted by atomic mass is 19.1. The first-order chi connectivity index (χ1) is 12.9. The second-order valence-electron chi connectivity index (χ2n) is 7.17. The van der Waals surface area contributed by atoms with Crippen LogP contribution in [0.3, 0.4) is 0 Å². The van der Waals surface area contributed by atoms with Gasteiger partial charge in [-0.15, -0.1) is 0 Å². The van der Waals surface area contributed by atoms with Crippen molar-refractivity contribution >= 4 is 11.8 Å². The molecule has 0 aliphatic carbocycles. The number of carbonyl (C=O) groups excluding carboxylic acids is 2. The van der Waals surface area contributed by atoms with Gasteiger partial charge in [-0.2, -0.15) is 0 Å². The Bertz CT molecular complexity index is 842. The van der Waals surface area contributed by atoms with Crippen LogP contribution in [0, 0.1) is 19.7 Å². The van der Waals surface area contributed by atoms with Crippen molar-refractivity contribution in [3.05, 3.63) is 58.7 Å². The van der Waals surface area contributed by atoms with Crippen molar-refractivity contribution in [2.75, 3.05) is 26.2 Å². The minimum Gasteiger partial charge on any atom is -0.352 e. The van der Waals surface area contributed by atoms with Gasteiger partial charge in [-0.25, -0.2) is 4.39 Å². The summed E-state index contributed by atoms with van der Waals surface area (Å²) in [4.78, 5) is 29.0. The van der Waals surface area contributed by atoms with Gasteiger partial charge in [-0.3, -0.25) is 9.59 Å². The Labute approximate surface area is 159 Å². The van der Waals surface area contributed by atoms with E-state index >= 15 is 0 Å². The van der Waals surface area contributed by atoms with Crippen molar-refractivity contribution in [1.82, 2.24) is 14.4 Å². The van der Waals surface area contributed by atoms with Gasteiger partial charge in [-0.1, -0.05) is 0 Å². The van der Waals surface area contributed by atoms with Crippen molar-refractivity contribution < 1.29 is 14.0 Å². The van der Waals surface area contributed by atoms with Gasteiger partial charge in [0, 0.05) is 50.2 Å². The Morgan fingerprint density at radius 3 is 2.26 bits per heavy atom. The Morgan fingerprint density at radius 1 is 1.00 bits per heavy atom. The normalized spacial score (nSPS) is 15.0. The molecule has 0 spiro atoms. The number of halogens is 1. The molecule has 0 atom stereocenters. The molecule has 3 rings (SSSR count). The molecule has 1 aromatic carbocycles. The fourth-order valence-electron chi connectivity index (χ4n) is 3.53. The minimum absolute atomic E-state index is 0.0970. The van der Waals surface area contributed by atoms with Gasteiger partial charge >= 0.3 is 0 Å². The van der Waals surface area contributed by atoms with Gasteiger partial charge < -0.3 is 14.4 Å². The number of benzene rings is 1. The Balaban J connectivity index is 1.62. The smallest absolute Gasteiger partial charge is 0.253 e. The van der Waals surface area contributed by atoms with E-state index in [-0.39, 0.29) is 17.6 Å². The molecule has 0 N–H and O–H groups in total. The molecule has 27 heavy (non-hydrogen) atoms. The summed E-state index contributed by atoms with van der Waals surface area (Å²) in [6.45, 7) is 6.33. The van der Waals surface area contributed by atoms with Crippen molar-refractivity contribution in [3.63, 3.8) is 0 Å². The van der Waals surface area contributed by atoms with E-state index in [9.17, 15) is 14.0 Å². The molecule has 1 saturated heterocycles. The lowest BCUT2D eigenvalue weighted by molar-refractivity contribution is -0.130. The first kappa shape index (κ1) is 19.1. The summed E-state index contributed by atoms with van der Waals surface area (Å²) in [5.41, 5.74) is 3.79. The average molecular weight is 371 g/mol. The first-order valence-corrected chi connectivity index (χ1v) is 9.31. The number of amides is 2. The van der Waals surface area contributed by atoms with Crippen LogP contribution in [0.15, 0.2) is 30.3 Å². The third-order valence-corrected chi connectivity index (χ3v) is 5.45. The van der Waals surface area contributed by atoms with Crippen molar-refractivity contribution in [1.29, 1.82) is 0 Å². The van der Waals surface area contributed by atoms with Crippen LogP contribution >= 0.6 is 0 Å². The summed E-state index contributed by atoms with van der Waals surface area (Å²) in [6.07, 6.45) is 1.13. The number of hydrogen-bond donors (Lipinski definition) is 0. The van der Waals surface area contributed by atoms with Crippen LogP contribution in [0.1, 0.15) is 33.7 Å². The number of rotatable bonds is 3. The fourth-order valence-corrected chi connectivity index (χ4v) is 3.53. The number of nitrogens with zero attached hydrogens (tertiary/aromatic N) is 3. The largest absolute Gasteiger partial charge is 0.352 e. The molecule has 5 nitrogen and oxygen atoms in total. The number of hydrogen-bond acceptors (Lipinski definition) is 2. The molecule has 1 fully saturated rings. The SMILES string of the molecule is Cc1cc(CC(=O)N2CCCN(C(=O)c3ccc(F)cc3)CC2)c(C)n1C. The Kier molecular flexibility index (Phi) is 5.63. The van der Waals surface area contributed by atoms with E-state index in [0.717, 1.165) is 23.4 Å². The highest BCUT2D eigenvalue weighted by Crippen LogP contribution is 2.16. The maximum Gasteiger partial charge on any atom is 0.253 e. The molecule has 2 amide bonds. The molecule has 2 heterocycles. The van der Waals surface area contributed by atoms with Gasteiger partial charge in [-0.05, 0) is 56.2 Å². The van der Waals surface area contributed by atoms with E-state index in [2.05, 4.69) is 10.6 Å². The van der Waals surface area contributed by atoms with E-state index in [0.29, 0.717) is 38.2 Å². The van der Waals surface area contributed by atoms with E-state index in [1.165, 1.54) is 24.3 Å². The van der Waals surface area contributed by atoms with E-state index < -0.39 is 0 Å². The Morgan fingerprint density at radius 2 is 1.63 bits per heavy atom. The first-order valence-electron chi connectivity index (χ1n) is 9.31.